The van der Waals surface area contributed by atoms with Gasteiger partial charge in [0.15, 0.2) is 0 Å². The van der Waals surface area contributed by atoms with Crippen LogP contribution < -0.4 is 11.2 Å². The quantitative estimate of drug-likeness (QED) is 0.704. The van der Waals surface area contributed by atoms with E-state index >= 15 is 0 Å². The topological polar surface area (TPSA) is 50.8 Å². The van der Waals surface area contributed by atoms with Gasteiger partial charge in [0.2, 0.25) is 0 Å². The summed E-state index contributed by atoms with van der Waals surface area (Å²) in [6.45, 7) is 0. The summed E-state index contributed by atoms with van der Waals surface area (Å²) in [5, 5.41) is 9.02. The molecule has 4 heteroatoms. The molecule has 0 atom stereocenters. The van der Waals surface area contributed by atoms with Crippen molar-refractivity contribution in [1.82, 2.24) is 9.13 Å². The smallest absolute Gasteiger partial charge is 0.296 e. The zero-order valence-electron chi connectivity index (χ0n) is 10.5. The Bertz CT molecular complexity index is 860. The van der Waals surface area contributed by atoms with E-state index in [2.05, 4.69) is 0 Å². The summed E-state index contributed by atoms with van der Waals surface area (Å²) in [5.41, 5.74) is 1.48. The van der Waals surface area contributed by atoms with Crippen molar-refractivity contribution in [3.8, 4) is 5.69 Å². The second kappa shape index (κ2) is 4.24. The van der Waals surface area contributed by atoms with Crippen molar-refractivity contribution in [1.29, 1.82) is 5.41 Å². The Hall–Kier alpha value is -2.62. The molecule has 0 aliphatic rings. The van der Waals surface area contributed by atoms with Crippen molar-refractivity contribution >= 4 is 10.9 Å². The Labute approximate surface area is 109 Å². The van der Waals surface area contributed by atoms with Gasteiger partial charge in [0.05, 0.1) is 11.2 Å². The van der Waals surface area contributed by atoms with Crippen LogP contribution in [0.5, 0.6) is 0 Å². The first-order valence-corrected chi connectivity index (χ1v) is 6.01. The van der Waals surface area contributed by atoms with Crippen LogP contribution in [-0.4, -0.2) is 9.13 Å². The summed E-state index contributed by atoms with van der Waals surface area (Å²) in [5.74, 6) is 0. The average Bonchev–Trinajstić information content (AvgIpc) is 2.46. The lowest BCUT2D eigenvalue weighted by Crippen LogP contribution is -2.37. The molecule has 1 heterocycles. The van der Waals surface area contributed by atoms with Gasteiger partial charge in [-0.25, -0.2) is 9.36 Å². The maximum atomic E-state index is 12.4. The Morgan fingerprint density at radius 2 is 1.58 bits per heavy atom. The second-order valence-corrected chi connectivity index (χ2v) is 4.38. The molecule has 0 aliphatic heterocycles. The van der Waals surface area contributed by atoms with E-state index in [4.69, 9.17) is 5.41 Å². The number of hydrogen-bond donors (Lipinski definition) is 1. The van der Waals surface area contributed by atoms with Crippen LogP contribution in [0.2, 0.25) is 0 Å². The number of hydrogen-bond acceptors (Lipinski definition) is 2. The molecule has 2 aromatic carbocycles. The maximum Gasteiger partial charge on any atom is 0.334 e. The first-order chi connectivity index (χ1) is 9.20. The molecule has 0 fully saturated rings. The van der Waals surface area contributed by atoms with E-state index in [1.807, 2.05) is 54.6 Å². The molecule has 0 unspecified atom stereocenters. The van der Waals surface area contributed by atoms with Crippen molar-refractivity contribution < 1.29 is 0 Å². The van der Waals surface area contributed by atoms with Crippen LogP contribution in [0.4, 0.5) is 0 Å². The van der Waals surface area contributed by atoms with Crippen LogP contribution in [0, 0.1) is 5.41 Å². The molecular weight excluding hydrogens is 238 g/mol. The lowest BCUT2D eigenvalue weighted by atomic mass is 10.2. The van der Waals surface area contributed by atoms with Crippen molar-refractivity contribution in [2.75, 3.05) is 0 Å². The van der Waals surface area contributed by atoms with Crippen LogP contribution >= 0.6 is 0 Å². The lowest BCUT2D eigenvalue weighted by molar-refractivity contribution is 0.756. The second-order valence-electron chi connectivity index (χ2n) is 4.38. The summed E-state index contributed by atoms with van der Waals surface area (Å²) >= 11 is 0. The number of para-hydroxylation sites is 2. The third-order valence-corrected chi connectivity index (χ3v) is 3.24. The number of nitrogens with one attached hydrogen (secondary N) is 1. The molecule has 0 saturated heterocycles. The molecule has 94 valence electrons. The molecule has 0 aliphatic carbocycles. The van der Waals surface area contributed by atoms with Crippen molar-refractivity contribution in [3.63, 3.8) is 0 Å². The van der Waals surface area contributed by atoms with E-state index in [1.54, 1.807) is 11.6 Å². The fraction of sp³-hybridized carbons (Fsp3) is 0.0667. The molecule has 0 bridgehead atoms. The van der Waals surface area contributed by atoms with E-state index in [-0.39, 0.29) is 11.2 Å². The molecule has 0 spiro atoms. The van der Waals surface area contributed by atoms with E-state index in [0.29, 0.717) is 5.69 Å². The van der Waals surface area contributed by atoms with Gasteiger partial charge in [0, 0.05) is 12.4 Å². The van der Waals surface area contributed by atoms with E-state index in [9.17, 15) is 4.79 Å². The number of fused-ring (bicyclic) bond motifs is 1. The molecule has 1 N–H and O–H groups in total. The summed E-state index contributed by atoms with van der Waals surface area (Å²) < 4.78 is 2.99. The van der Waals surface area contributed by atoms with Gasteiger partial charge in [-0.15, -0.1) is 0 Å². The van der Waals surface area contributed by atoms with Crippen molar-refractivity contribution in [3.05, 3.63) is 70.6 Å². The van der Waals surface area contributed by atoms with E-state index in [1.165, 1.54) is 4.57 Å². The molecule has 19 heavy (non-hydrogen) atoms. The molecule has 4 nitrogen and oxygen atoms in total. The van der Waals surface area contributed by atoms with E-state index < -0.39 is 0 Å². The van der Waals surface area contributed by atoms with Crippen LogP contribution in [0.25, 0.3) is 16.6 Å². The monoisotopic (exact) mass is 251 g/mol. The molecular formula is C15H13N3O. The fourth-order valence-corrected chi connectivity index (χ4v) is 2.25. The third-order valence-electron chi connectivity index (χ3n) is 3.24. The standard InChI is InChI=1S/C15H13N3O/c1-17-13-10-6-5-9-12(13)14(16)18(15(17)19)11-7-3-2-4-8-11/h2-10,16H,1H3. The van der Waals surface area contributed by atoms with Gasteiger partial charge in [-0.1, -0.05) is 30.3 Å². The van der Waals surface area contributed by atoms with Crippen molar-refractivity contribution in [2.45, 2.75) is 0 Å². The highest BCUT2D eigenvalue weighted by Crippen LogP contribution is 2.08. The molecule has 0 radical (unpaired) electrons. The number of benzene rings is 2. The highest BCUT2D eigenvalue weighted by Gasteiger charge is 2.08. The molecule has 1 aromatic heterocycles. The Morgan fingerprint density at radius 3 is 2.32 bits per heavy atom. The Morgan fingerprint density at radius 1 is 0.947 bits per heavy atom. The average molecular weight is 251 g/mol. The fourth-order valence-electron chi connectivity index (χ4n) is 2.25. The molecule has 3 rings (SSSR count). The van der Waals surface area contributed by atoms with Gasteiger partial charge >= 0.3 is 5.69 Å². The van der Waals surface area contributed by atoms with Gasteiger partial charge in [-0.3, -0.25) is 9.98 Å². The number of aromatic nitrogens is 2. The minimum Gasteiger partial charge on any atom is -0.296 e. The Kier molecular flexibility index (Phi) is 2.56. The van der Waals surface area contributed by atoms with Crippen LogP contribution in [-0.2, 0) is 7.05 Å². The van der Waals surface area contributed by atoms with Gasteiger partial charge in [0.25, 0.3) is 0 Å². The highest BCUT2D eigenvalue weighted by molar-refractivity contribution is 5.77. The largest absolute Gasteiger partial charge is 0.334 e. The minimum atomic E-state index is -0.213. The van der Waals surface area contributed by atoms with Gasteiger partial charge < -0.3 is 0 Å². The first-order valence-electron chi connectivity index (χ1n) is 6.01. The SMILES string of the molecule is Cn1c(=O)n(-c2ccccc2)c(=N)c2ccccc21. The van der Waals surface area contributed by atoms with Crippen LogP contribution in [0.15, 0.2) is 59.4 Å². The number of rotatable bonds is 1. The molecule has 0 saturated carbocycles. The lowest BCUT2D eigenvalue weighted by Gasteiger charge is -2.11. The maximum absolute atomic E-state index is 12.4. The normalized spacial score (nSPS) is 10.8. The summed E-state index contributed by atoms with van der Waals surface area (Å²) in [4.78, 5) is 12.4. The molecule has 0 amide bonds. The van der Waals surface area contributed by atoms with Crippen LogP contribution in [0.3, 0.4) is 0 Å². The Balaban J connectivity index is 2.52. The first kappa shape index (κ1) is 11.5. The third kappa shape index (κ3) is 1.69. The number of aryl methyl sites for hydroxylation is 1. The summed E-state index contributed by atoms with van der Waals surface area (Å²) in [6.07, 6.45) is 0. The summed E-state index contributed by atoms with van der Waals surface area (Å²) in [7, 11) is 1.73. The van der Waals surface area contributed by atoms with Gasteiger partial charge in [-0.05, 0) is 24.3 Å². The zero-order chi connectivity index (χ0) is 13.4. The predicted molar refractivity (Wildman–Crippen MR) is 74.4 cm³/mol. The minimum absolute atomic E-state index is 0.213. The highest BCUT2D eigenvalue weighted by atomic mass is 16.1. The van der Waals surface area contributed by atoms with Gasteiger partial charge in [-0.2, -0.15) is 0 Å². The predicted octanol–water partition coefficient (Wildman–Crippen LogP) is 1.81. The van der Waals surface area contributed by atoms with Crippen LogP contribution in [0.1, 0.15) is 0 Å². The summed E-state index contributed by atoms with van der Waals surface area (Å²) in [6, 6.07) is 16.7. The van der Waals surface area contributed by atoms with Crippen molar-refractivity contribution in [2.24, 2.45) is 7.05 Å². The zero-order valence-corrected chi connectivity index (χ0v) is 10.5. The molecule has 3 aromatic rings. The number of nitrogens with zero attached hydrogens (tertiary/aromatic N) is 2. The van der Waals surface area contributed by atoms with E-state index in [0.717, 1.165) is 10.9 Å². The van der Waals surface area contributed by atoms with Gasteiger partial charge in [0.1, 0.15) is 5.49 Å².